The van der Waals surface area contributed by atoms with E-state index in [1.165, 1.54) is 9.80 Å². The van der Waals surface area contributed by atoms with Crippen molar-refractivity contribution in [1.82, 2.24) is 9.80 Å². The number of carbonyl (C=O) groups is 4. The first-order chi connectivity index (χ1) is 16.6. The number of fused-ring (bicyclic) bond motifs is 3. The van der Waals surface area contributed by atoms with Crippen LogP contribution in [-0.2, 0) is 14.4 Å². The molecule has 35 heavy (non-hydrogen) atoms. The molecular weight excluding hydrogens is 446 g/mol. The van der Waals surface area contributed by atoms with Crippen LogP contribution in [0.1, 0.15) is 45.7 Å². The maximum absolute atomic E-state index is 14.1. The van der Waals surface area contributed by atoms with Gasteiger partial charge in [0.25, 0.3) is 5.91 Å². The van der Waals surface area contributed by atoms with Crippen molar-refractivity contribution in [3.8, 4) is 5.75 Å². The fourth-order valence-electron chi connectivity index (χ4n) is 6.15. The normalized spacial score (nSPS) is 28.1. The van der Waals surface area contributed by atoms with Crippen LogP contribution in [0.25, 0.3) is 0 Å². The molecule has 2 aromatic carbocycles. The van der Waals surface area contributed by atoms with E-state index in [0.717, 1.165) is 4.90 Å². The monoisotopic (exact) mass is 475 g/mol. The average Bonchev–Trinajstić information content (AvgIpc) is 3.37. The molecule has 8 heteroatoms. The second kappa shape index (κ2) is 7.66. The van der Waals surface area contributed by atoms with Gasteiger partial charge in [0, 0.05) is 5.54 Å². The lowest BCUT2D eigenvalue weighted by Crippen LogP contribution is -2.55. The summed E-state index contributed by atoms with van der Waals surface area (Å²) in [6.45, 7) is 7.22. The number of amides is 5. The van der Waals surface area contributed by atoms with Gasteiger partial charge in [-0.15, -0.1) is 0 Å². The number of likely N-dealkylation sites (tertiary alicyclic amines) is 1. The van der Waals surface area contributed by atoms with Crippen LogP contribution in [0.3, 0.4) is 0 Å². The summed E-state index contributed by atoms with van der Waals surface area (Å²) in [6.07, 6.45) is 0.214. The first-order valence-corrected chi connectivity index (χ1v) is 11.8. The van der Waals surface area contributed by atoms with Crippen molar-refractivity contribution in [3.05, 3.63) is 60.2 Å². The van der Waals surface area contributed by atoms with Gasteiger partial charge in [-0.2, -0.15) is 0 Å². The van der Waals surface area contributed by atoms with Crippen molar-refractivity contribution in [3.63, 3.8) is 0 Å². The van der Waals surface area contributed by atoms with E-state index in [1.54, 1.807) is 83.3 Å². The second-order valence-electron chi connectivity index (χ2n) is 10.3. The minimum absolute atomic E-state index is 0.214. The van der Waals surface area contributed by atoms with Crippen molar-refractivity contribution in [2.45, 2.75) is 51.2 Å². The molecular formula is C27H29N3O5. The number of methoxy groups -OCH3 is 1. The van der Waals surface area contributed by atoms with Crippen LogP contribution in [0.5, 0.6) is 5.75 Å². The van der Waals surface area contributed by atoms with Gasteiger partial charge in [-0.25, -0.2) is 9.69 Å². The minimum atomic E-state index is -1.45. The highest BCUT2D eigenvalue weighted by Crippen LogP contribution is 2.60. The van der Waals surface area contributed by atoms with Crippen LogP contribution in [0, 0.1) is 11.8 Å². The molecule has 3 heterocycles. The number of hydrogen-bond donors (Lipinski definition) is 0. The number of anilines is 1. The van der Waals surface area contributed by atoms with Gasteiger partial charge in [0.2, 0.25) is 11.8 Å². The van der Waals surface area contributed by atoms with E-state index in [2.05, 4.69) is 0 Å². The van der Waals surface area contributed by atoms with E-state index < -0.39 is 46.8 Å². The number of para-hydroxylation sites is 1. The van der Waals surface area contributed by atoms with Crippen molar-refractivity contribution in [1.29, 1.82) is 0 Å². The molecule has 182 valence electrons. The molecule has 0 spiro atoms. The summed E-state index contributed by atoms with van der Waals surface area (Å²) in [7, 11) is 1.56. The molecule has 0 unspecified atom stereocenters. The van der Waals surface area contributed by atoms with Gasteiger partial charge in [0.1, 0.15) is 11.3 Å². The molecule has 2 aromatic rings. The number of urea groups is 1. The molecule has 5 amide bonds. The topological polar surface area (TPSA) is 87.2 Å². The van der Waals surface area contributed by atoms with E-state index in [-0.39, 0.29) is 12.3 Å². The second-order valence-corrected chi connectivity index (χ2v) is 10.3. The van der Waals surface area contributed by atoms with Gasteiger partial charge in [0.15, 0.2) is 0 Å². The average molecular weight is 476 g/mol. The Kier molecular flexibility index (Phi) is 5.05. The Bertz CT molecular complexity index is 1220. The van der Waals surface area contributed by atoms with Gasteiger partial charge in [0.05, 0.1) is 30.7 Å². The van der Waals surface area contributed by atoms with Crippen LogP contribution in [0.15, 0.2) is 54.6 Å². The zero-order chi connectivity index (χ0) is 25.3. The molecule has 3 aliphatic heterocycles. The number of imide groups is 2. The molecule has 0 radical (unpaired) electrons. The highest BCUT2D eigenvalue weighted by molar-refractivity contribution is 6.26. The maximum atomic E-state index is 14.1. The predicted molar refractivity (Wildman–Crippen MR) is 129 cm³/mol. The molecule has 3 saturated heterocycles. The molecule has 0 aliphatic carbocycles. The molecule has 4 atom stereocenters. The lowest BCUT2D eigenvalue weighted by molar-refractivity contribution is -0.149. The SMILES string of the molecule is CC[C@@]12C(=O)N(c3ccccc3)C(=O)N1[C@H](c1ccc(OC)cc1)[C@@H]1C(=O)N(C(C)(C)C)C(=O)[C@@H]12. The van der Waals surface area contributed by atoms with Crippen molar-refractivity contribution < 1.29 is 23.9 Å². The number of hydrogen-bond acceptors (Lipinski definition) is 5. The largest absolute Gasteiger partial charge is 0.497 e. The minimum Gasteiger partial charge on any atom is -0.497 e. The van der Waals surface area contributed by atoms with Gasteiger partial charge < -0.3 is 9.64 Å². The summed E-state index contributed by atoms with van der Waals surface area (Å²) in [4.78, 5) is 59.8. The summed E-state index contributed by atoms with van der Waals surface area (Å²) in [5.41, 5.74) is -1.08. The number of rotatable bonds is 4. The third kappa shape index (κ3) is 2.92. The van der Waals surface area contributed by atoms with Gasteiger partial charge in [-0.3, -0.25) is 19.3 Å². The number of benzene rings is 2. The van der Waals surface area contributed by atoms with Crippen LogP contribution in [0.2, 0.25) is 0 Å². The molecule has 0 bridgehead atoms. The molecule has 3 fully saturated rings. The maximum Gasteiger partial charge on any atom is 0.332 e. The molecule has 0 saturated carbocycles. The molecule has 0 N–H and O–H groups in total. The third-order valence-electron chi connectivity index (χ3n) is 7.57. The first kappa shape index (κ1) is 23.1. The van der Waals surface area contributed by atoms with E-state index in [9.17, 15) is 19.2 Å². The van der Waals surface area contributed by atoms with E-state index >= 15 is 0 Å². The Balaban J connectivity index is 1.74. The first-order valence-electron chi connectivity index (χ1n) is 11.8. The molecule has 5 rings (SSSR count). The van der Waals surface area contributed by atoms with Gasteiger partial charge in [-0.05, 0) is 57.0 Å². The Morgan fingerprint density at radius 3 is 2.09 bits per heavy atom. The Hall–Kier alpha value is -3.68. The summed E-state index contributed by atoms with van der Waals surface area (Å²) in [5.74, 6) is -2.38. The number of nitrogens with zero attached hydrogens (tertiary/aromatic N) is 3. The third-order valence-corrected chi connectivity index (χ3v) is 7.57. The number of ether oxygens (including phenoxy) is 1. The molecule has 3 aliphatic rings. The van der Waals surface area contributed by atoms with Gasteiger partial charge >= 0.3 is 6.03 Å². The Morgan fingerprint density at radius 2 is 1.54 bits per heavy atom. The summed E-state index contributed by atoms with van der Waals surface area (Å²) >= 11 is 0. The fraction of sp³-hybridized carbons (Fsp3) is 0.407. The summed E-state index contributed by atoms with van der Waals surface area (Å²) < 4.78 is 5.29. The van der Waals surface area contributed by atoms with E-state index in [0.29, 0.717) is 17.0 Å². The molecule has 0 aromatic heterocycles. The number of carbonyl (C=O) groups excluding carboxylic acids is 4. The summed E-state index contributed by atoms with van der Waals surface area (Å²) in [5, 5.41) is 0. The van der Waals surface area contributed by atoms with Crippen molar-refractivity contribution >= 4 is 29.4 Å². The van der Waals surface area contributed by atoms with Crippen LogP contribution < -0.4 is 9.64 Å². The Labute approximate surface area is 204 Å². The van der Waals surface area contributed by atoms with E-state index in [1.807, 2.05) is 6.07 Å². The summed E-state index contributed by atoms with van der Waals surface area (Å²) in [6, 6.07) is 14.6. The highest BCUT2D eigenvalue weighted by Gasteiger charge is 2.77. The van der Waals surface area contributed by atoms with Crippen molar-refractivity contribution in [2.75, 3.05) is 12.0 Å². The standard InChI is InChI=1S/C27H29N3O5/c1-6-27-20-19(22(31)30(23(20)32)26(2,3)4)21(16-12-14-18(35-5)15-13-16)29(27)25(34)28(24(27)33)17-10-8-7-9-11-17/h7-15,19-21H,6H2,1-5H3/t19-,20-,21-,27-/m1/s1. The quantitative estimate of drug-likeness (QED) is 0.496. The van der Waals surface area contributed by atoms with Gasteiger partial charge in [-0.1, -0.05) is 37.3 Å². The van der Waals surface area contributed by atoms with Crippen LogP contribution >= 0.6 is 0 Å². The van der Waals surface area contributed by atoms with Crippen LogP contribution in [0.4, 0.5) is 10.5 Å². The van der Waals surface area contributed by atoms with Crippen LogP contribution in [-0.4, -0.2) is 51.7 Å². The fourth-order valence-corrected chi connectivity index (χ4v) is 6.15. The zero-order valence-corrected chi connectivity index (χ0v) is 20.5. The highest BCUT2D eigenvalue weighted by atomic mass is 16.5. The predicted octanol–water partition coefficient (Wildman–Crippen LogP) is 3.77. The van der Waals surface area contributed by atoms with Crippen molar-refractivity contribution in [2.24, 2.45) is 11.8 Å². The smallest absolute Gasteiger partial charge is 0.332 e. The molecule has 8 nitrogen and oxygen atoms in total. The lowest BCUT2D eigenvalue weighted by atomic mass is 9.77. The van der Waals surface area contributed by atoms with E-state index in [4.69, 9.17) is 4.74 Å². The zero-order valence-electron chi connectivity index (χ0n) is 20.5. The Morgan fingerprint density at radius 1 is 0.914 bits per heavy atom. The lowest BCUT2D eigenvalue weighted by Gasteiger charge is -2.37.